The molecule has 15 nitrogen and oxygen atoms in total. The summed E-state index contributed by atoms with van der Waals surface area (Å²) in [6, 6.07) is 21.5. The smallest absolute Gasteiger partial charge is 0.248 e. The number of aromatic nitrogens is 7. The van der Waals surface area contributed by atoms with E-state index >= 15 is 0 Å². The second-order valence-electron chi connectivity index (χ2n) is 20.1. The number of aryl methyl sites for hydroxylation is 3. The van der Waals surface area contributed by atoms with Crippen molar-refractivity contribution in [1.29, 1.82) is 0 Å². The Labute approximate surface area is 428 Å². The third-order valence-corrected chi connectivity index (χ3v) is 15.8. The number of fused-ring (bicyclic) bond motifs is 3. The molecular weight excluding hydrogens is 946 g/mol. The van der Waals surface area contributed by atoms with Gasteiger partial charge in [-0.2, -0.15) is 5.10 Å². The van der Waals surface area contributed by atoms with E-state index in [1.165, 1.54) is 4.88 Å². The molecule has 5 atom stereocenters. The number of carbonyl (C=O) groups excluding carboxylic acids is 3. The van der Waals surface area contributed by atoms with Gasteiger partial charge in [0.05, 0.1) is 24.4 Å². The minimum atomic E-state index is -0.610. The molecule has 3 aromatic carbocycles. The lowest BCUT2D eigenvalue weighted by molar-refractivity contribution is -0.142. The van der Waals surface area contributed by atoms with E-state index in [0.717, 1.165) is 61.3 Å². The SMILES string of the molecule is Cc1sc2c(c1C)C(c1ccc(Cl)cc1)=N[C@@H](CC(=O)N[C@H]1C[C@@H](Oc3cccc(-c4cnn([C@H](C(=O)N5C[C@H](C)C[C@H]5C(=O)N[C@@H](C)c5ccc(-c6nccn6C)cc5)C(C)C)c4)c3)C1)c1nnc(C)n1-2. The van der Waals surface area contributed by atoms with Crippen molar-refractivity contribution in [1.82, 2.24) is 49.6 Å². The number of amides is 3. The number of carbonyl (C=O) groups is 3. The molecule has 0 spiro atoms. The topological polar surface area (TPSA) is 166 Å². The first kappa shape index (κ1) is 48.7. The normalized spacial score (nSPS) is 20.2. The Bertz CT molecular complexity index is 3180. The lowest BCUT2D eigenvalue weighted by Crippen LogP contribution is -2.49. The Morgan fingerprint density at radius 3 is 2.39 bits per heavy atom. The third-order valence-electron chi connectivity index (χ3n) is 14.4. The summed E-state index contributed by atoms with van der Waals surface area (Å²) in [5.41, 5.74) is 7.60. The molecule has 2 fully saturated rings. The third kappa shape index (κ3) is 9.61. The first-order valence-electron chi connectivity index (χ1n) is 24.8. The maximum Gasteiger partial charge on any atom is 0.248 e. The summed E-state index contributed by atoms with van der Waals surface area (Å²) in [6.45, 7) is 14.7. The number of imidazole rings is 1. The zero-order valence-electron chi connectivity index (χ0n) is 41.8. The fourth-order valence-electron chi connectivity index (χ4n) is 10.3. The lowest BCUT2D eigenvalue weighted by atomic mass is 9.89. The predicted octanol–water partition coefficient (Wildman–Crippen LogP) is 9.49. The molecule has 6 heterocycles. The van der Waals surface area contributed by atoms with Crippen molar-refractivity contribution in [2.24, 2.45) is 23.9 Å². The molecule has 0 unspecified atom stereocenters. The van der Waals surface area contributed by atoms with Crippen LogP contribution < -0.4 is 15.4 Å². The summed E-state index contributed by atoms with van der Waals surface area (Å²) >= 11 is 7.97. The van der Waals surface area contributed by atoms with Gasteiger partial charge in [0.25, 0.3) is 0 Å². The number of hydrogen-bond acceptors (Lipinski definition) is 10. The van der Waals surface area contributed by atoms with Crippen LogP contribution in [0, 0.1) is 32.6 Å². The molecule has 7 aromatic rings. The van der Waals surface area contributed by atoms with Crippen LogP contribution in [0.4, 0.5) is 0 Å². The van der Waals surface area contributed by atoms with Gasteiger partial charge in [-0.15, -0.1) is 21.5 Å². The van der Waals surface area contributed by atoms with Gasteiger partial charge in [0.1, 0.15) is 46.6 Å². The standard InChI is InChI=1S/C55H60ClN11O4S/c1-30(2)50(54(70)65-28-31(3)22-46(65)53(69)59-33(5)36-12-14-38(15-13-36)51-57-20-21-64(51)8)66-29-40(27-58-66)39-10-9-11-43(23-39)71-44-24-42(25-44)60-47(68)26-45-52-63-62-35(7)67(52)55-48(32(4)34(6)72-55)49(61-45)37-16-18-41(56)19-17-37/h9-21,23,27,29-31,33,42,44-46,50H,22,24-26,28H2,1-8H3,(H,59,69)(H,60,68)/t31-,33+,42-,44+,45+,46+,50+/m1/s1. The summed E-state index contributed by atoms with van der Waals surface area (Å²) in [5.74, 6) is 2.64. The molecule has 372 valence electrons. The highest BCUT2D eigenvalue weighted by atomic mass is 35.5. The Hall–Kier alpha value is -6.91. The van der Waals surface area contributed by atoms with E-state index in [2.05, 4.69) is 51.2 Å². The van der Waals surface area contributed by atoms with Crippen LogP contribution in [0.15, 0.2) is 103 Å². The van der Waals surface area contributed by atoms with E-state index in [-0.39, 0.29) is 54.2 Å². The van der Waals surface area contributed by atoms with Gasteiger partial charge < -0.3 is 24.8 Å². The van der Waals surface area contributed by atoms with Crippen molar-refractivity contribution in [2.45, 2.75) is 110 Å². The first-order chi connectivity index (χ1) is 34.6. The minimum Gasteiger partial charge on any atom is -0.490 e. The average Bonchev–Trinajstić information content (AvgIpc) is 4.19. The number of nitrogens with one attached hydrogen (secondary N) is 2. The van der Waals surface area contributed by atoms with Gasteiger partial charge in [-0.25, -0.2) is 4.98 Å². The van der Waals surface area contributed by atoms with E-state index in [1.807, 2.05) is 124 Å². The number of benzene rings is 3. The molecule has 0 bridgehead atoms. The van der Waals surface area contributed by atoms with Gasteiger partial charge in [-0.1, -0.05) is 80.9 Å². The second kappa shape index (κ2) is 19.9. The fraction of sp³-hybridized carbons (Fsp3) is 0.382. The molecule has 4 aromatic heterocycles. The molecule has 3 aliphatic rings. The quantitative estimate of drug-likeness (QED) is 0.109. The Kier molecular flexibility index (Phi) is 13.5. The minimum absolute atomic E-state index is 0.0471. The molecule has 72 heavy (non-hydrogen) atoms. The molecule has 1 saturated heterocycles. The number of ether oxygens (including phenoxy) is 1. The van der Waals surface area contributed by atoms with Crippen LogP contribution in [-0.2, 0) is 21.4 Å². The molecule has 10 rings (SSSR count). The molecule has 1 aliphatic carbocycles. The predicted molar refractivity (Wildman–Crippen MR) is 279 cm³/mol. The largest absolute Gasteiger partial charge is 0.490 e. The molecule has 17 heteroatoms. The summed E-state index contributed by atoms with van der Waals surface area (Å²) < 4.78 is 12.2. The first-order valence-corrected chi connectivity index (χ1v) is 25.9. The highest BCUT2D eigenvalue weighted by Gasteiger charge is 2.42. The van der Waals surface area contributed by atoms with Gasteiger partial charge in [0.15, 0.2) is 5.82 Å². The van der Waals surface area contributed by atoms with Crippen molar-refractivity contribution < 1.29 is 19.1 Å². The van der Waals surface area contributed by atoms with Crippen LogP contribution >= 0.6 is 22.9 Å². The number of hydrogen-bond donors (Lipinski definition) is 2. The Morgan fingerprint density at radius 2 is 1.67 bits per heavy atom. The number of thiophene rings is 1. The maximum atomic E-state index is 14.5. The highest BCUT2D eigenvalue weighted by molar-refractivity contribution is 7.15. The van der Waals surface area contributed by atoms with E-state index in [1.54, 1.807) is 33.3 Å². The van der Waals surface area contributed by atoms with E-state index < -0.39 is 18.1 Å². The van der Waals surface area contributed by atoms with Gasteiger partial charge in [-0.05, 0) is 86.9 Å². The number of halogens is 1. The van der Waals surface area contributed by atoms with Crippen LogP contribution in [0.2, 0.25) is 5.02 Å². The second-order valence-corrected chi connectivity index (χ2v) is 21.7. The van der Waals surface area contributed by atoms with Crippen molar-refractivity contribution in [3.05, 3.63) is 141 Å². The van der Waals surface area contributed by atoms with Crippen molar-refractivity contribution >= 4 is 46.4 Å². The molecule has 3 amide bonds. The summed E-state index contributed by atoms with van der Waals surface area (Å²) in [4.78, 5) is 54.9. The summed E-state index contributed by atoms with van der Waals surface area (Å²) in [6.07, 6.45) is 9.30. The van der Waals surface area contributed by atoms with Crippen molar-refractivity contribution in [3.8, 4) is 33.3 Å². The molecular formula is C55H60ClN11O4S. The van der Waals surface area contributed by atoms with Gasteiger partial charge in [0, 0.05) is 83.2 Å². The molecule has 2 aliphatic heterocycles. The molecule has 0 radical (unpaired) electrons. The zero-order valence-corrected chi connectivity index (χ0v) is 43.4. The van der Waals surface area contributed by atoms with Gasteiger partial charge >= 0.3 is 0 Å². The summed E-state index contributed by atoms with van der Waals surface area (Å²) in [5, 5.41) is 21.8. The van der Waals surface area contributed by atoms with Crippen molar-refractivity contribution in [3.63, 3.8) is 0 Å². The van der Waals surface area contributed by atoms with Crippen LogP contribution in [0.1, 0.15) is 110 Å². The maximum absolute atomic E-state index is 14.5. The monoisotopic (exact) mass is 1010 g/mol. The highest BCUT2D eigenvalue weighted by Crippen LogP contribution is 2.40. The Balaban J connectivity index is 0.762. The van der Waals surface area contributed by atoms with Crippen LogP contribution in [0.25, 0.3) is 27.5 Å². The van der Waals surface area contributed by atoms with E-state index in [4.69, 9.17) is 26.4 Å². The van der Waals surface area contributed by atoms with Crippen molar-refractivity contribution in [2.75, 3.05) is 6.54 Å². The Morgan fingerprint density at radius 1 is 0.917 bits per heavy atom. The fourth-order valence-corrected chi connectivity index (χ4v) is 11.7. The van der Waals surface area contributed by atoms with E-state index in [0.29, 0.717) is 42.4 Å². The van der Waals surface area contributed by atoms with Gasteiger partial charge in [-0.3, -0.25) is 28.6 Å². The summed E-state index contributed by atoms with van der Waals surface area (Å²) in [7, 11) is 1.96. The molecule has 1 saturated carbocycles. The number of aliphatic imine (C=N–C) groups is 1. The number of nitrogens with zero attached hydrogens (tertiary/aromatic N) is 9. The zero-order chi connectivity index (χ0) is 50.5. The molecule has 2 N–H and O–H groups in total. The van der Waals surface area contributed by atoms with Crippen LogP contribution in [0.3, 0.4) is 0 Å². The van der Waals surface area contributed by atoms with Crippen LogP contribution in [-0.4, -0.2) is 87.2 Å². The number of rotatable bonds is 14. The van der Waals surface area contributed by atoms with E-state index in [9.17, 15) is 14.4 Å². The van der Waals surface area contributed by atoms with Crippen LogP contribution in [0.5, 0.6) is 5.75 Å². The lowest BCUT2D eigenvalue weighted by Gasteiger charge is -2.36. The number of likely N-dealkylation sites (tertiary alicyclic amines) is 1. The van der Waals surface area contributed by atoms with Gasteiger partial charge in [0.2, 0.25) is 17.7 Å². The average molecular weight is 1010 g/mol.